The lowest BCUT2D eigenvalue weighted by atomic mass is 9.67. The lowest BCUT2D eigenvalue weighted by Crippen LogP contribution is -2.28. The number of pyridine rings is 1. The van der Waals surface area contributed by atoms with Crippen LogP contribution in [0.1, 0.15) is 22.3 Å². The first-order valence-corrected chi connectivity index (χ1v) is 22.2. The van der Waals surface area contributed by atoms with Crippen LogP contribution in [0.3, 0.4) is 0 Å². The fraction of sp³-hybridized carbons (Fsp3) is 0.0161. The van der Waals surface area contributed by atoms with Gasteiger partial charge in [0.1, 0.15) is 0 Å². The van der Waals surface area contributed by atoms with Crippen molar-refractivity contribution in [3.63, 3.8) is 0 Å². The van der Waals surface area contributed by atoms with Gasteiger partial charge in [0.2, 0.25) is 0 Å². The number of nitrogens with zero attached hydrogens (tertiary/aromatic N) is 2. The van der Waals surface area contributed by atoms with E-state index in [1.54, 1.807) is 0 Å². The van der Waals surface area contributed by atoms with Crippen LogP contribution in [0.2, 0.25) is 0 Å². The van der Waals surface area contributed by atoms with E-state index < -0.39 is 5.41 Å². The molecule has 296 valence electrons. The van der Waals surface area contributed by atoms with Gasteiger partial charge in [-0.1, -0.05) is 176 Å². The number of benzene rings is 10. The molecular formula is C62H38N2. The van der Waals surface area contributed by atoms with Gasteiger partial charge in [-0.25, -0.2) is 4.98 Å². The van der Waals surface area contributed by atoms with E-state index in [1.807, 2.05) is 0 Å². The smallest absolute Gasteiger partial charge is 0.0722 e. The SMILES string of the molecule is c1ccc(C2(c3ccccc3)c3ccccc3-c3cc(-c4ccc5c(c4)c4ccccc4n5-c4ccc5cc(-c6cc7c8c(cccc8n6)-c6ccccc6-7)ccc5c4)ccc32)cc1. The maximum absolute atomic E-state index is 5.21. The molecule has 12 aromatic rings. The normalized spacial score (nSPS) is 13.1. The maximum Gasteiger partial charge on any atom is 0.0722 e. The van der Waals surface area contributed by atoms with E-state index >= 15 is 0 Å². The van der Waals surface area contributed by atoms with Crippen molar-refractivity contribution in [2.24, 2.45) is 0 Å². The Bertz CT molecular complexity index is 3850. The second-order valence-electron chi connectivity index (χ2n) is 17.4. The minimum absolute atomic E-state index is 0.410. The zero-order chi connectivity index (χ0) is 41.9. The van der Waals surface area contributed by atoms with Gasteiger partial charge in [0.15, 0.2) is 0 Å². The molecule has 0 bridgehead atoms. The summed E-state index contributed by atoms with van der Waals surface area (Å²) in [5.74, 6) is 0. The van der Waals surface area contributed by atoms with Gasteiger partial charge in [-0.2, -0.15) is 0 Å². The van der Waals surface area contributed by atoms with E-state index in [-0.39, 0.29) is 0 Å². The van der Waals surface area contributed by atoms with Crippen LogP contribution in [-0.2, 0) is 5.41 Å². The zero-order valence-electron chi connectivity index (χ0n) is 34.8. The van der Waals surface area contributed by atoms with E-state index in [2.05, 4.69) is 235 Å². The van der Waals surface area contributed by atoms with Crippen LogP contribution < -0.4 is 0 Å². The molecule has 0 N–H and O–H groups in total. The van der Waals surface area contributed by atoms with Crippen LogP contribution in [0.25, 0.3) is 105 Å². The van der Waals surface area contributed by atoms with Crippen LogP contribution in [0.15, 0.2) is 231 Å². The second-order valence-corrected chi connectivity index (χ2v) is 17.4. The van der Waals surface area contributed by atoms with E-state index in [0.29, 0.717) is 0 Å². The van der Waals surface area contributed by atoms with E-state index in [0.717, 1.165) is 22.5 Å². The topological polar surface area (TPSA) is 17.8 Å². The van der Waals surface area contributed by atoms with Crippen molar-refractivity contribution in [3.05, 3.63) is 253 Å². The highest BCUT2D eigenvalue weighted by atomic mass is 15.0. The summed E-state index contributed by atoms with van der Waals surface area (Å²) in [7, 11) is 0. The standard InChI is InChI=1S/C62H38N2/c1-3-14-44(15-4-1)62(45-16-5-2-6-17-45)55-23-11-9-20-49(55)52-36-41(29-32-56(52)62)42-30-33-60-53(37-42)50-21-10-12-25-59(50)64(60)46-31-28-39-34-43(27-26-40(39)35-46)58-38-54-48-19-8-7-18-47(48)51-22-13-24-57(63-58)61(51)54/h1-38H. The highest BCUT2D eigenvalue weighted by molar-refractivity contribution is 6.15. The van der Waals surface area contributed by atoms with Crippen molar-refractivity contribution < 1.29 is 0 Å². The lowest BCUT2D eigenvalue weighted by molar-refractivity contribution is 0.768. The molecule has 2 nitrogen and oxygen atoms in total. The third-order valence-electron chi connectivity index (χ3n) is 14.2. The van der Waals surface area contributed by atoms with Crippen molar-refractivity contribution in [1.82, 2.24) is 9.55 Å². The summed E-state index contributed by atoms with van der Waals surface area (Å²) in [5.41, 5.74) is 21.6. The van der Waals surface area contributed by atoms with Gasteiger partial charge in [0.25, 0.3) is 0 Å². The van der Waals surface area contributed by atoms with Crippen molar-refractivity contribution in [2.45, 2.75) is 5.41 Å². The predicted molar refractivity (Wildman–Crippen MR) is 266 cm³/mol. The molecule has 0 saturated heterocycles. The maximum atomic E-state index is 5.21. The molecule has 2 aliphatic carbocycles. The third kappa shape index (κ3) is 4.88. The van der Waals surface area contributed by atoms with Gasteiger partial charge in [0.05, 0.1) is 27.7 Å². The average Bonchev–Trinajstić information content (AvgIpc) is 3.99. The Morgan fingerprint density at radius 1 is 0.344 bits per heavy atom. The third-order valence-corrected chi connectivity index (χ3v) is 14.2. The van der Waals surface area contributed by atoms with Crippen molar-refractivity contribution in [3.8, 4) is 61.5 Å². The zero-order valence-corrected chi connectivity index (χ0v) is 34.8. The molecule has 10 aromatic carbocycles. The van der Waals surface area contributed by atoms with Crippen LogP contribution in [0.4, 0.5) is 0 Å². The summed E-state index contributed by atoms with van der Waals surface area (Å²) >= 11 is 0. The number of hydrogen-bond acceptors (Lipinski definition) is 1. The first-order valence-electron chi connectivity index (χ1n) is 22.2. The molecule has 2 heterocycles. The first-order chi connectivity index (χ1) is 31.7. The molecule has 2 aliphatic rings. The summed E-state index contributed by atoms with van der Waals surface area (Å²) in [6, 6.07) is 85.2. The second kappa shape index (κ2) is 13.3. The minimum atomic E-state index is -0.410. The molecule has 0 unspecified atom stereocenters. The summed E-state index contributed by atoms with van der Waals surface area (Å²) in [6.45, 7) is 0. The van der Waals surface area contributed by atoms with Crippen LogP contribution in [0.5, 0.6) is 0 Å². The molecule has 64 heavy (non-hydrogen) atoms. The highest BCUT2D eigenvalue weighted by Crippen LogP contribution is 2.57. The van der Waals surface area contributed by atoms with Crippen LogP contribution >= 0.6 is 0 Å². The largest absolute Gasteiger partial charge is 0.309 e. The molecule has 2 aromatic heterocycles. The Labute approximate surface area is 371 Å². The Morgan fingerprint density at radius 3 is 1.78 bits per heavy atom. The Kier molecular flexibility index (Phi) is 7.35. The Balaban J connectivity index is 0.872. The summed E-state index contributed by atoms with van der Waals surface area (Å²) in [4.78, 5) is 5.21. The molecule has 0 saturated carbocycles. The molecule has 0 amide bonds. The summed E-state index contributed by atoms with van der Waals surface area (Å²) < 4.78 is 2.43. The van der Waals surface area contributed by atoms with Gasteiger partial charge < -0.3 is 4.57 Å². The summed E-state index contributed by atoms with van der Waals surface area (Å²) in [6.07, 6.45) is 0. The van der Waals surface area contributed by atoms with E-state index in [4.69, 9.17) is 4.98 Å². The average molecular weight is 811 g/mol. The molecule has 0 aliphatic heterocycles. The van der Waals surface area contributed by atoms with E-state index in [9.17, 15) is 0 Å². The molecule has 0 fully saturated rings. The van der Waals surface area contributed by atoms with Gasteiger partial charge in [-0.3, -0.25) is 0 Å². The molecule has 14 rings (SSSR count). The molecule has 0 radical (unpaired) electrons. The summed E-state index contributed by atoms with van der Waals surface area (Å²) in [5, 5.41) is 6.13. The van der Waals surface area contributed by atoms with E-state index in [1.165, 1.54) is 105 Å². The highest BCUT2D eigenvalue weighted by Gasteiger charge is 2.46. The number of rotatable bonds is 5. The fourth-order valence-electron chi connectivity index (χ4n) is 11.4. The predicted octanol–water partition coefficient (Wildman–Crippen LogP) is 15.8. The van der Waals surface area contributed by atoms with Gasteiger partial charge in [0, 0.05) is 27.4 Å². The van der Waals surface area contributed by atoms with Gasteiger partial charge in [-0.05, 0) is 132 Å². The van der Waals surface area contributed by atoms with Gasteiger partial charge in [-0.15, -0.1) is 0 Å². The molecular weight excluding hydrogens is 773 g/mol. The Morgan fingerprint density at radius 2 is 0.953 bits per heavy atom. The quantitative estimate of drug-likeness (QED) is 0.169. The molecule has 0 atom stereocenters. The Hall–Kier alpha value is -8.33. The van der Waals surface area contributed by atoms with Crippen molar-refractivity contribution >= 4 is 43.5 Å². The van der Waals surface area contributed by atoms with Crippen LogP contribution in [0, 0.1) is 0 Å². The van der Waals surface area contributed by atoms with Crippen LogP contribution in [-0.4, -0.2) is 9.55 Å². The number of fused-ring (bicyclic) bond motifs is 10. The molecule has 0 spiro atoms. The van der Waals surface area contributed by atoms with Crippen molar-refractivity contribution in [2.75, 3.05) is 0 Å². The monoisotopic (exact) mass is 810 g/mol. The number of para-hydroxylation sites is 1. The number of aromatic nitrogens is 2. The first kappa shape index (κ1) is 35.3. The van der Waals surface area contributed by atoms with Gasteiger partial charge >= 0.3 is 0 Å². The molecule has 2 heteroatoms. The fourth-order valence-corrected chi connectivity index (χ4v) is 11.4. The number of hydrogen-bond donors (Lipinski definition) is 0. The lowest BCUT2D eigenvalue weighted by Gasteiger charge is -2.33. The van der Waals surface area contributed by atoms with Crippen molar-refractivity contribution in [1.29, 1.82) is 0 Å². The minimum Gasteiger partial charge on any atom is -0.309 e.